The first-order chi connectivity index (χ1) is 12.1. The van der Waals surface area contributed by atoms with Crippen molar-refractivity contribution in [3.63, 3.8) is 0 Å². The van der Waals surface area contributed by atoms with Gasteiger partial charge in [0.15, 0.2) is 0 Å². The van der Waals surface area contributed by atoms with Crippen LogP contribution in [0.5, 0.6) is 5.75 Å². The highest BCUT2D eigenvalue weighted by atomic mass is 79.9. The number of hydrogen-bond acceptors (Lipinski definition) is 5. The molecule has 134 valence electrons. The van der Waals surface area contributed by atoms with E-state index < -0.39 is 6.10 Å². The Hall–Kier alpha value is -1.41. The van der Waals surface area contributed by atoms with Gasteiger partial charge in [-0.2, -0.15) is 0 Å². The van der Waals surface area contributed by atoms with Gasteiger partial charge in [-0.05, 0) is 35.7 Å². The van der Waals surface area contributed by atoms with Crippen LogP contribution in [-0.4, -0.2) is 66.2 Å². The number of nitrogens with zero attached hydrogens (tertiary/aromatic N) is 2. The minimum Gasteiger partial charge on any atom is -0.491 e. The Kier molecular flexibility index (Phi) is 6.47. The Morgan fingerprint density at radius 3 is 2.56 bits per heavy atom. The summed E-state index contributed by atoms with van der Waals surface area (Å²) in [6.07, 6.45) is -0.553. The molecule has 1 saturated heterocycles. The number of aliphatic hydroxyl groups is 1. The van der Waals surface area contributed by atoms with E-state index in [0.717, 1.165) is 28.2 Å². The van der Waals surface area contributed by atoms with Gasteiger partial charge in [0.05, 0.1) is 4.88 Å². The van der Waals surface area contributed by atoms with E-state index in [-0.39, 0.29) is 12.5 Å². The van der Waals surface area contributed by atoms with Crippen LogP contribution in [0.25, 0.3) is 0 Å². The summed E-state index contributed by atoms with van der Waals surface area (Å²) in [5, 5.41) is 12.1. The molecule has 1 fully saturated rings. The van der Waals surface area contributed by atoms with Crippen molar-refractivity contribution in [1.82, 2.24) is 9.80 Å². The molecule has 1 N–H and O–H groups in total. The molecule has 0 spiro atoms. The standard InChI is InChI=1S/C18H21BrN2O3S/c19-14-3-5-16(6-4-14)24-13-15(22)12-20-7-9-21(10-8-20)18(23)17-2-1-11-25-17/h1-6,11,15,22H,7-10,12-13H2. The summed E-state index contributed by atoms with van der Waals surface area (Å²) in [5.74, 6) is 0.849. The fourth-order valence-corrected chi connectivity index (χ4v) is 3.72. The van der Waals surface area contributed by atoms with Gasteiger partial charge in [-0.25, -0.2) is 0 Å². The van der Waals surface area contributed by atoms with E-state index in [1.807, 2.05) is 46.7 Å². The number of rotatable bonds is 6. The van der Waals surface area contributed by atoms with Crippen LogP contribution in [0.1, 0.15) is 9.67 Å². The van der Waals surface area contributed by atoms with Crippen LogP contribution in [0, 0.1) is 0 Å². The van der Waals surface area contributed by atoms with E-state index in [9.17, 15) is 9.90 Å². The zero-order valence-electron chi connectivity index (χ0n) is 13.8. The minimum absolute atomic E-state index is 0.105. The van der Waals surface area contributed by atoms with Crippen LogP contribution < -0.4 is 4.74 Å². The summed E-state index contributed by atoms with van der Waals surface area (Å²) < 4.78 is 6.61. The Morgan fingerprint density at radius 1 is 1.20 bits per heavy atom. The van der Waals surface area contributed by atoms with Crippen LogP contribution in [0.2, 0.25) is 0 Å². The second-order valence-corrected chi connectivity index (χ2v) is 7.85. The van der Waals surface area contributed by atoms with Crippen LogP contribution >= 0.6 is 27.3 Å². The third kappa shape index (κ3) is 5.28. The van der Waals surface area contributed by atoms with Crippen molar-refractivity contribution in [1.29, 1.82) is 0 Å². The number of amides is 1. The zero-order chi connectivity index (χ0) is 17.6. The van der Waals surface area contributed by atoms with Crippen molar-refractivity contribution in [2.24, 2.45) is 0 Å². The van der Waals surface area contributed by atoms with Gasteiger partial charge < -0.3 is 14.7 Å². The summed E-state index contributed by atoms with van der Waals surface area (Å²) in [6, 6.07) is 11.3. The quantitative estimate of drug-likeness (QED) is 0.774. The molecule has 5 nitrogen and oxygen atoms in total. The SMILES string of the molecule is O=C(c1cccs1)N1CCN(CC(O)COc2ccc(Br)cc2)CC1. The molecular formula is C18H21BrN2O3S. The van der Waals surface area contributed by atoms with Crippen molar-refractivity contribution in [3.05, 3.63) is 51.1 Å². The van der Waals surface area contributed by atoms with Crippen LogP contribution in [-0.2, 0) is 0 Å². The molecule has 0 radical (unpaired) electrons. The average Bonchev–Trinajstić information content (AvgIpc) is 3.16. The number of carbonyl (C=O) groups excluding carboxylic acids is 1. The fraction of sp³-hybridized carbons (Fsp3) is 0.389. The van der Waals surface area contributed by atoms with Gasteiger partial charge in [0, 0.05) is 37.2 Å². The molecule has 1 aliphatic rings. The predicted octanol–water partition coefficient (Wildman–Crippen LogP) is 2.71. The molecule has 25 heavy (non-hydrogen) atoms. The number of piperazine rings is 1. The van der Waals surface area contributed by atoms with Gasteiger partial charge >= 0.3 is 0 Å². The second-order valence-electron chi connectivity index (χ2n) is 5.99. The third-order valence-electron chi connectivity index (χ3n) is 4.12. The highest BCUT2D eigenvalue weighted by molar-refractivity contribution is 9.10. The predicted molar refractivity (Wildman–Crippen MR) is 102 cm³/mol. The van der Waals surface area contributed by atoms with E-state index in [2.05, 4.69) is 20.8 Å². The van der Waals surface area contributed by atoms with Crippen LogP contribution in [0.3, 0.4) is 0 Å². The Labute approximate surface area is 159 Å². The summed E-state index contributed by atoms with van der Waals surface area (Å²) in [4.78, 5) is 17.2. The van der Waals surface area contributed by atoms with Gasteiger partial charge in [-0.3, -0.25) is 9.69 Å². The lowest BCUT2D eigenvalue weighted by molar-refractivity contribution is 0.0406. The highest BCUT2D eigenvalue weighted by Crippen LogP contribution is 2.17. The fourth-order valence-electron chi connectivity index (χ4n) is 2.76. The number of carbonyl (C=O) groups is 1. The van der Waals surface area contributed by atoms with Crippen LogP contribution in [0.15, 0.2) is 46.3 Å². The van der Waals surface area contributed by atoms with Gasteiger partial charge in [-0.1, -0.05) is 22.0 Å². The first-order valence-electron chi connectivity index (χ1n) is 8.23. The first kappa shape index (κ1) is 18.4. The molecule has 0 saturated carbocycles. The Bertz CT molecular complexity index is 670. The van der Waals surface area contributed by atoms with Gasteiger partial charge in [0.1, 0.15) is 18.5 Å². The molecule has 2 aromatic rings. The largest absolute Gasteiger partial charge is 0.491 e. The van der Waals surface area contributed by atoms with Crippen molar-refractivity contribution < 1.29 is 14.6 Å². The Balaban J connectivity index is 1.39. The molecule has 1 aromatic carbocycles. The summed E-state index contributed by atoms with van der Waals surface area (Å²) in [6.45, 7) is 3.74. The molecule has 1 unspecified atom stereocenters. The van der Waals surface area contributed by atoms with Gasteiger partial charge in [0.2, 0.25) is 0 Å². The van der Waals surface area contributed by atoms with E-state index >= 15 is 0 Å². The summed E-state index contributed by atoms with van der Waals surface area (Å²) >= 11 is 4.86. The van der Waals surface area contributed by atoms with E-state index in [1.54, 1.807) is 0 Å². The van der Waals surface area contributed by atoms with Crippen LogP contribution in [0.4, 0.5) is 0 Å². The highest BCUT2D eigenvalue weighted by Gasteiger charge is 2.23. The maximum absolute atomic E-state index is 12.3. The van der Waals surface area contributed by atoms with Crippen molar-refractivity contribution in [2.75, 3.05) is 39.3 Å². The van der Waals surface area contributed by atoms with E-state index in [1.165, 1.54) is 11.3 Å². The number of hydrogen-bond donors (Lipinski definition) is 1. The number of benzene rings is 1. The number of halogens is 1. The first-order valence-corrected chi connectivity index (χ1v) is 9.90. The average molecular weight is 425 g/mol. The summed E-state index contributed by atoms with van der Waals surface area (Å²) in [7, 11) is 0. The number of thiophene rings is 1. The lowest BCUT2D eigenvalue weighted by atomic mass is 10.2. The molecule has 0 aliphatic carbocycles. The molecule has 2 heterocycles. The third-order valence-corrected chi connectivity index (χ3v) is 5.50. The second kappa shape index (κ2) is 8.80. The van der Waals surface area contributed by atoms with Crippen molar-refractivity contribution in [2.45, 2.75) is 6.10 Å². The topological polar surface area (TPSA) is 53.0 Å². The van der Waals surface area contributed by atoms with Gasteiger partial charge in [0.25, 0.3) is 5.91 Å². The molecule has 1 atom stereocenters. The normalized spacial score (nSPS) is 16.6. The molecule has 1 aliphatic heterocycles. The number of ether oxygens (including phenoxy) is 1. The Morgan fingerprint density at radius 2 is 1.92 bits per heavy atom. The molecule has 1 aromatic heterocycles. The molecule has 0 bridgehead atoms. The molecule has 3 rings (SSSR count). The van der Waals surface area contributed by atoms with E-state index in [4.69, 9.17) is 4.74 Å². The minimum atomic E-state index is -0.553. The maximum Gasteiger partial charge on any atom is 0.264 e. The lowest BCUT2D eigenvalue weighted by Crippen LogP contribution is -2.50. The van der Waals surface area contributed by atoms with E-state index in [0.29, 0.717) is 19.6 Å². The zero-order valence-corrected chi connectivity index (χ0v) is 16.2. The van der Waals surface area contributed by atoms with Gasteiger partial charge in [-0.15, -0.1) is 11.3 Å². The molecule has 7 heteroatoms. The lowest BCUT2D eigenvalue weighted by Gasteiger charge is -2.35. The maximum atomic E-state index is 12.3. The number of aliphatic hydroxyl groups excluding tert-OH is 1. The molecule has 1 amide bonds. The number of β-amino-alcohol motifs (C(OH)–C–C–N with tert-alkyl or cyclic N) is 1. The van der Waals surface area contributed by atoms with Crippen molar-refractivity contribution >= 4 is 33.2 Å². The van der Waals surface area contributed by atoms with Crippen molar-refractivity contribution in [3.8, 4) is 5.75 Å². The smallest absolute Gasteiger partial charge is 0.264 e. The molecular weight excluding hydrogens is 404 g/mol. The monoisotopic (exact) mass is 424 g/mol. The summed E-state index contributed by atoms with van der Waals surface area (Å²) in [5.41, 5.74) is 0.